The molecule has 2 rings (SSSR count). The minimum atomic E-state index is -1.19. The Bertz CT molecular complexity index is 677. The lowest BCUT2D eigenvalue weighted by Crippen LogP contribution is -2.30. The molecule has 2 heterocycles. The van der Waals surface area contributed by atoms with Crippen LogP contribution in [-0.4, -0.2) is 38.8 Å². The van der Waals surface area contributed by atoms with Crippen LogP contribution in [0.15, 0.2) is 4.52 Å². The number of carbonyl (C=O) groups is 2. The standard InChI is InChI=1S/C11H11N3O5/c1-4-7-9(17)8(11(18)12-3-6(15)16)13-5(2)10(7)19-14-4/h17H,3H2,1-2H3,(H,12,18)(H,15,16). The Morgan fingerprint density at radius 3 is 2.63 bits per heavy atom. The van der Waals surface area contributed by atoms with E-state index >= 15 is 0 Å². The number of nitrogens with zero attached hydrogens (tertiary/aromatic N) is 2. The minimum absolute atomic E-state index is 0.252. The van der Waals surface area contributed by atoms with E-state index in [4.69, 9.17) is 9.63 Å². The molecule has 0 saturated heterocycles. The van der Waals surface area contributed by atoms with Gasteiger partial charge in [-0.25, -0.2) is 4.98 Å². The van der Waals surface area contributed by atoms with Crippen molar-refractivity contribution >= 4 is 22.8 Å². The average molecular weight is 265 g/mol. The number of pyridine rings is 1. The van der Waals surface area contributed by atoms with Crippen LogP contribution < -0.4 is 5.32 Å². The first-order valence-corrected chi connectivity index (χ1v) is 5.37. The van der Waals surface area contributed by atoms with E-state index in [9.17, 15) is 14.7 Å². The van der Waals surface area contributed by atoms with Crippen molar-refractivity contribution in [1.29, 1.82) is 0 Å². The van der Waals surface area contributed by atoms with Gasteiger partial charge in [0.15, 0.2) is 17.0 Å². The first kappa shape index (κ1) is 12.8. The van der Waals surface area contributed by atoms with Crippen molar-refractivity contribution in [2.75, 3.05) is 6.54 Å². The van der Waals surface area contributed by atoms with E-state index in [0.29, 0.717) is 22.4 Å². The summed E-state index contributed by atoms with van der Waals surface area (Å²) in [6, 6.07) is 0. The van der Waals surface area contributed by atoms with Gasteiger partial charge in [0.05, 0.1) is 16.8 Å². The number of rotatable bonds is 3. The van der Waals surface area contributed by atoms with E-state index in [2.05, 4.69) is 15.5 Å². The van der Waals surface area contributed by atoms with Gasteiger partial charge in [0.1, 0.15) is 6.54 Å². The molecule has 19 heavy (non-hydrogen) atoms. The molecule has 0 atom stereocenters. The monoisotopic (exact) mass is 265 g/mol. The summed E-state index contributed by atoms with van der Waals surface area (Å²) in [6.45, 7) is 2.66. The lowest BCUT2D eigenvalue weighted by atomic mass is 10.1. The number of aliphatic carboxylic acids is 1. The zero-order valence-corrected chi connectivity index (χ0v) is 10.2. The minimum Gasteiger partial charge on any atom is -0.505 e. The Hall–Kier alpha value is -2.64. The predicted octanol–water partition coefficient (Wildman–Crippen LogP) is 0.360. The number of carboxylic acids is 1. The van der Waals surface area contributed by atoms with Crippen molar-refractivity contribution in [2.45, 2.75) is 13.8 Å². The molecule has 0 aliphatic carbocycles. The van der Waals surface area contributed by atoms with E-state index in [1.54, 1.807) is 13.8 Å². The Morgan fingerprint density at radius 2 is 2.00 bits per heavy atom. The highest BCUT2D eigenvalue weighted by Crippen LogP contribution is 2.31. The SMILES string of the molecule is Cc1nc(C(=O)NCC(=O)O)c(O)c2c(C)noc12. The topological polar surface area (TPSA) is 126 Å². The molecule has 2 aromatic heterocycles. The van der Waals surface area contributed by atoms with Crippen LogP contribution in [0.5, 0.6) is 5.75 Å². The summed E-state index contributed by atoms with van der Waals surface area (Å²) >= 11 is 0. The van der Waals surface area contributed by atoms with Gasteiger partial charge in [-0.1, -0.05) is 5.16 Å². The van der Waals surface area contributed by atoms with E-state index < -0.39 is 18.4 Å². The fourth-order valence-electron chi connectivity index (χ4n) is 1.68. The zero-order valence-electron chi connectivity index (χ0n) is 10.2. The molecular weight excluding hydrogens is 254 g/mol. The second kappa shape index (κ2) is 4.56. The number of nitrogens with one attached hydrogen (secondary N) is 1. The molecule has 100 valence electrons. The molecule has 0 aliphatic heterocycles. The fraction of sp³-hybridized carbons (Fsp3) is 0.273. The van der Waals surface area contributed by atoms with Crippen molar-refractivity contribution in [1.82, 2.24) is 15.5 Å². The van der Waals surface area contributed by atoms with Crippen molar-refractivity contribution < 1.29 is 24.3 Å². The number of aryl methyl sites for hydroxylation is 2. The summed E-state index contributed by atoms with van der Waals surface area (Å²) in [7, 11) is 0. The van der Waals surface area contributed by atoms with Crippen LogP contribution in [0.3, 0.4) is 0 Å². The molecule has 2 aromatic rings. The molecule has 8 nitrogen and oxygen atoms in total. The number of aromatic hydroxyl groups is 1. The summed E-state index contributed by atoms with van der Waals surface area (Å²) in [5, 5.41) is 24.6. The number of carboxylic acid groups (broad SMARTS) is 1. The number of fused-ring (bicyclic) bond motifs is 1. The predicted molar refractivity (Wildman–Crippen MR) is 62.9 cm³/mol. The van der Waals surface area contributed by atoms with E-state index in [0.717, 1.165) is 0 Å². The van der Waals surface area contributed by atoms with Crippen LogP contribution in [0.4, 0.5) is 0 Å². The zero-order chi connectivity index (χ0) is 14.2. The van der Waals surface area contributed by atoms with Crippen LogP contribution in [0.2, 0.25) is 0 Å². The number of aromatic nitrogens is 2. The first-order valence-electron chi connectivity index (χ1n) is 5.37. The van der Waals surface area contributed by atoms with E-state index in [1.807, 2.05) is 0 Å². The maximum absolute atomic E-state index is 11.8. The van der Waals surface area contributed by atoms with E-state index in [1.165, 1.54) is 0 Å². The molecular formula is C11H11N3O5. The molecule has 0 aliphatic rings. The van der Waals surface area contributed by atoms with Gasteiger partial charge < -0.3 is 20.1 Å². The second-order valence-corrected chi connectivity index (χ2v) is 3.94. The highest BCUT2D eigenvalue weighted by atomic mass is 16.5. The third kappa shape index (κ3) is 2.19. The maximum Gasteiger partial charge on any atom is 0.322 e. The maximum atomic E-state index is 11.8. The fourth-order valence-corrected chi connectivity index (χ4v) is 1.68. The van der Waals surface area contributed by atoms with Crippen LogP contribution >= 0.6 is 0 Å². The van der Waals surface area contributed by atoms with Gasteiger partial charge in [0.25, 0.3) is 5.91 Å². The largest absolute Gasteiger partial charge is 0.505 e. The smallest absolute Gasteiger partial charge is 0.322 e. The average Bonchev–Trinajstić information content (AvgIpc) is 2.73. The molecule has 0 spiro atoms. The summed E-state index contributed by atoms with van der Waals surface area (Å²) in [6.07, 6.45) is 0. The van der Waals surface area contributed by atoms with Gasteiger partial charge in [-0.05, 0) is 13.8 Å². The van der Waals surface area contributed by atoms with Gasteiger partial charge >= 0.3 is 5.97 Å². The summed E-state index contributed by atoms with van der Waals surface area (Å²) in [4.78, 5) is 26.0. The normalized spacial score (nSPS) is 10.6. The molecule has 0 aromatic carbocycles. The number of carbonyl (C=O) groups excluding carboxylic acids is 1. The molecule has 0 bridgehead atoms. The Morgan fingerprint density at radius 1 is 1.32 bits per heavy atom. The van der Waals surface area contributed by atoms with Crippen molar-refractivity contribution in [2.24, 2.45) is 0 Å². The van der Waals surface area contributed by atoms with Crippen molar-refractivity contribution in [3.8, 4) is 5.75 Å². The number of amides is 1. The molecule has 1 amide bonds. The molecule has 3 N–H and O–H groups in total. The molecule has 8 heteroatoms. The number of hydrogen-bond donors (Lipinski definition) is 3. The van der Waals surface area contributed by atoms with Gasteiger partial charge in [-0.3, -0.25) is 9.59 Å². The number of hydrogen-bond acceptors (Lipinski definition) is 6. The molecule has 0 unspecified atom stereocenters. The third-order valence-corrected chi connectivity index (χ3v) is 2.55. The second-order valence-electron chi connectivity index (χ2n) is 3.94. The van der Waals surface area contributed by atoms with Gasteiger partial charge in [0.2, 0.25) is 0 Å². The van der Waals surface area contributed by atoms with Crippen molar-refractivity contribution in [3.63, 3.8) is 0 Å². The van der Waals surface area contributed by atoms with Crippen LogP contribution in [0, 0.1) is 13.8 Å². The molecule has 0 saturated carbocycles. The lowest BCUT2D eigenvalue weighted by Gasteiger charge is -2.06. The van der Waals surface area contributed by atoms with Gasteiger partial charge in [-0.2, -0.15) is 0 Å². The Balaban J connectivity index is 2.49. The van der Waals surface area contributed by atoms with Crippen LogP contribution in [0.25, 0.3) is 11.0 Å². The molecule has 0 fully saturated rings. The van der Waals surface area contributed by atoms with Crippen molar-refractivity contribution in [3.05, 3.63) is 17.1 Å². The van der Waals surface area contributed by atoms with Gasteiger partial charge in [-0.15, -0.1) is 0 Å². The quantitative estimate of drug-likeness (QED) is 0.731. The molecule has 0 radical (unpaired) electrons. The highest BCUT2D eigenvalue weighted by molar-refractivity contribution is 6.02. The first-order chi connectivity index (χ1) is 8.91. The Kier molecular flexibility index (Phi) is 3.07. The van der Waals surface area contributed by atoms with E-state index in [-0.39, 0.29) is 11.4 Å². The Labute approximate surface area is 107 Å². The van der Waals surface area contributed by atoms with Gasteiger partial charge in [0, 0.05) is 0 Å². The third-order valence-electron chi connectivity index (χ3n) is 2.55. The summed E-state index contributed by atoms with van der Waals surface area (Å²) in [5.41, 5.74) is 0.849. The summed E-state index contributed by atoms with van der Waals surface area (Å²) < 4.78 is 4.99. The highest BCUT2D eigenvalue weighted by Gasteiger charge is 2.22. The van der Waals surface area contributed by atoms with Crippen LogP contribution in [0.1, 0.15) is 21.9 Å². The lowest BCUT2D eigenvalue weighted by molar-refractivity contribution is -0.135. The summed E-state index contributed by atoms with van der Waals surface area (Å²) in [5.74, 6) is -2.33. The van der Waals surface area contributed by atoms with Crippen LogP contribution in [-0.2, 0) is 4.79 Å².